The Bertz CT molecular complexity index is 1730. The Balaban J connectivity index is 1.50. The van der Waals surface area contributed by atoms with Crippen LogP contribution in [0.25, 0.3) is 22.3 Å². The summed E-state index contributed by atoms with van der Waals surface area (Å²) >= 11 is 1.64. The number of hydrogen-bond donors (Lipinski definition) is 1. The van der Waals surface area contributed by atoms with Crippen LogP contribution in [0.2, 0.25) is 0 Å². The second-order valence-corrected chi connectivity index (χ2v) is 11.2. The number of benzene rings is 3. The number of ether oxygens (including phenoxy) is 1. The molecule has 0 unspecified atom stereocenters. The Morgan fingerprint density at radius 1 is 1.00 bits per heavy atom. The predicted molar refractivity (Wildman–Crippen MR) is 161 cm³/mol. The van der Waals surface area contributed by atoms with Crippen molar-refractivity contribution >= 4 is 33.2 Å². The van der Waals surface area contributed by atoms with Crippen molar-refractivity contribution in [3.8, 4) is 17.1 Å². The lowest BCUT2D eigenvalue weighted by molar-refractivity contribution is 0.0951. The van der Waals surface area contributed by atoms with Crippen LogP contribution >= 0.6 is 11.3 Å². The van der Waals surface area contributed by atoms with Crippen molar-refractivity contribution in [3.63, 3.8) is 0 Å². The van der Waals surface area contributed by atoms with Gasteiger partial charge in [0.15, 0.2) is 0 Å². The molecule has 0 spiro atoms. The van der Waals surface area contributed by atoms with Gasteiger partial charge in [0.05, 0.1) is 17.5 Å². The van der Waals surface area contributed by atoms with E-state index in [-0.39, 0.29) is 5.91 Å². The summed E-state index contributed by atoms with van der Waals surface area (Å²) in [4.78, 5) is 20.2. The van der Waals surface area contributed by atoms with Gasteiger partial charge in [-0.25, -0.2) is 4.99 Å². The molecule has 2 aromatic heterocycles. The summed E-state index contributed by atoms with van der Waals surface area (Å²) in [6, 6.07) is 26.1. The second-order valence-electron chi connectivity index (χ2n) is 10.1. The highest BCUT2D eigenvalue weighted by Gasteiger charge is 2.25. The van der Waals surface area contributed by atoms with E-state index in [0.29, 0.717) is 18.7 Å². The molecular formula is C34H32N2O3S. The number of carbonyl (C=O) groups excluding carboxylic acids is 1. The Labute approximate surface area is 238 Å². The zero-order valence-electron chi connectivity index (χ0n) is 22.8. The molecule has 0 atom stereocenters. The maximum absolute atomic E-state index is 13.7. The third-order valence-electron chi connectivity index (χ3n) is 7.26. The van der Waals surface area contributed by atoms with E-state index in [1.807, 2.05) is 61.5 Å². The van der Waals surface area contributed by atoms with Crippen molar-refractivity contribution in [2.24, 2.45) is 4.99 Å². The first kappa shape index (κ1) is 26.1. The van der Waals surface area contributed by atoms with Gasteiger partial charge >= 0.3 is 0 Å². The molecule has 6 heteroatoms. The average molecular weight is 549 g/mol. The number of nitrogens with zero attached hydrogens (tertiary/aromatic N) is 1. The Morgan fingerprint density at radius 3 is 2.60 bits per heavy atom. The van der Waals surface area contributed by atoms with E-state index in [9.17, 15) is 4.79 Å². The highest BCUT2D eigenvalue weighted by Crippen LogP contribution is 2.40. The highest BCUT2D eigenvalue weighted by atomic mass is 32.1. The van der Waals surface area contributed by atoms with Gasteiger partial charge in [-0.05, 0) is 68.9 Å². The summed E-state index contributed by atoms with van der Waals surface area (Å²) in [7, 11) is 0. The van der Waals surface area contributed by atoms with E-state index >= 15 is 0 Å². The van der Waals surface area contributed by atoms with Crippen molar-refractivity contribution in [2.75, 3.05) is 6.61 Å². The topological polar surface area (TPSA) is 63.8 Å². The van der Waals surface area contributed by atoms with Gasteiger partial charge in [-0.2, -0.15) is 0 Å². The van der Waals surface area contributed by atoms with Crippen LogP contribution in [0, 0.1) is 6.92 Å². The first-order chi connectivity index (χ1) is 19.6. The van der Waals surface area contributed by atoms with E-state index in [1.165, 1.54) is 10.4 Å². The standard InChI is InChI=1S/C34H32N2O3S/c1-3-38-25-17-18-29-27(19-25)28(20-30(39-29)24-15-13-22(2)14-16-24)36-34-32(26-11-7-8-12-31(26)40-34)33(37)35-21-23-9-5-4-6-10-23/h4-6,9-10,13-20H,3,7-8,11-12,21H2,1-2H3,(H,35,37). The molecular weight excluding hydrogens is 516 g/mol. The molecule has 1 aliphatic carbocycles. The largest absolute Gasteiger partial charge is 0.494 e. The zero-order chi connectivity index (χ0) is 27.5. The van der Waals surface area contributed by atoms with Crippen molar-refractivity contribution in [2.45, 2.75) is 46.1 Å². The Hall–Kier alpha value is -4.16. The zero-order valence-corrected chi connectivity index (χ0v) is 23.6. The summed E-state index contributed by atoms with van der Waals surface area (Å²) < 4.78 is 12.2. The molecule has 40 heavy (non-hydrogen) atoms. The molecule has 0 aliphatic heterocycles. The maximum Gasteiger partial charge on any atom is 0.254 e. The Morgan fingerprint density at radius 2 is 1.80 bits per heavy atom. The fraction of sp³-hybridized carbons (Fsp3) is 0.235. The third-order valence-corrected chi connectivity index (χ3v) is 8.45. The molecule has 5 aromatic rings. The van der Waals surface area contributed by atoms with Crippen LogP contribution in [-0.2, 0) is 19.4 Å². The van der Waals surface area contributed by atoms with Crippen molar-refractivity contribution < 1.29 is 13.9 Å². The normalized spacial score (nSPS) is 13.3. The first-order valence-electron chi connectivity index (χ1n) is 13.9. The van der Waals surface area contributed by atoms with Crippen LogP contribution < -0.4 is 15.4 Å². The maximum atomic E-state index is 13.7. The summed E-state index contributed by atoms with van der Waals surface area (Å²) in [5, 5.41) is 5.51. The van der Waals surface area contributed by atoms with Gasteiger partial charge in [0.2, 0.25) is 0 Å². The van der Waals surface area contributed by atoms with Gasteiger partial charge in [-0.3, -0.25) is 4.79 Å². The van der Waals surface area contributed by atoms with Gasteiger partial charge in [0, 0.05) is 28.4 Å². The molecule has 1 aliphatic rings. The van der Waals surface area contributed by atoms with Crippen LogP contribution in [0.1, 0.15) is 51.7 Å². The van der Waals surface area contributed by atoms with Gasteiger partial charge in [-0.15, -0.1) is 11.3 Å². The van der Waals surface area contributed by atoms with Crippen LogP contribution in [0.3, 0.4) is 0 Å². The molecule has 2 heterocycles. The van der Waals surface area contributed by atoms with Crippen molar-refractivity contribution in [1.29, 1.82) is 0 Å². The minimum Gasteiger partial charge on any atom is -0.494 e. The summed E-state index contributed by atoms with van der Waals surface area (Å²) in [5.74, 6) is 1.42. The number of amides is 1. The minimum absolute atomic E-state index is 0.0688. The molecule has 3 aromatic carbocycles. The van der Waals surface area contributed by atoms with Crippen molar-refractivity contribution in [1.82, 2.24) is 5.32 Å². The second kappa shape index (κ2) is 11.5. The SMILES string of the molecule is CCOc1ccc2oc(-c3ccc(C)cc3)cc(=Nc3sc4c(c3C(=O)NCc3ccccc3)CCCC4)c2c1. The van der Waals surface area contributed by atoms with Crippen molar-refractivity contribution in [3.05, 3.63) is 111 Å². The van der Waals surface area contributed by atoms with E-state index in [1.54, 1.807) is 11.3 Å². The quantitative estimate of drug-likeness (QED) is 0.225. The minimum atomic E-state index is -0.0688. The molecule has 0 bridgehead atoms. The molecule has 0 radical (unpaired) electrons. The average Bonchev–Trinajstić information content (AvgIpc) is 3.35. The lowest BCUT2D eigenvalue weighted by Crippen LogP contribution is -2.24. The fourth-order valence-electron chi connectivity index (χ4n) is 5.20. The number of fused-ring (bicyclic) bond motifs is 2. The molecule has 0 fully saturated rings. The van der Waals surface area contributed by atoms with Crippen LogP contribution in [0.5, 0.6) is 5.75 Å². The number of rotatable bonds is 7. The molecule has 0 saturated carbocycles. The number of thiophene rings is 1. The lowest BCUT2D eigenvalue weighted by Gasteiger charge is -2.13. The van der Waals surface area contributed by atoms with E-state index < -0.39 is 0 Å². The van der Waals surface area contributed by atoms with Gasteiger partial charge in [0.1, 0.15) is 22.1 Å². The van der Waals surface area contributed by atoms with Crippen LogP contribution in [0.4, 0.5) is 5.00 Å². The van der Waals surface area contributed by atoms with Gasteiger partial charge < -0.3 is 14.5 Å². The first-order valence-corrected chi connectivity index (χ1v) is 14.7. The smallest absolute Gasteiger partial charge is 0.254 e. The molecule has 202 valence electrons. The monoisotopic (exact) mass is 548 g/mol. The lowest BCUT2D eigenvalue weighted by atomic mass is 9.95. The molecule has 6 rings (SSSR count). The predicted octanol–water partition coefficient (Wildman–Crippen LogP) is 7.91. The van der Waals surface area contributed by atoms with E-state index in [2.05, 4.69) is 36.5 Å². The fourth-order valence-corrected chi connectivity index (χ4v) is 6.47. The third kappa shape index (κ3) is 5.45. The number of carbonyl (C=O) groups is 1. The summed E-state index contributed by atoms with van der Waals surface area (Å²) in [6.07, 6.45) is 4.12. The summed E-state index contributed by atoms with van der Waals surface area (Å²) in [6.45, 7) is 5.09. The molecule has 0 saturated heterocycles. The molecule has 1 amide bonds. The van der Waals surface area contributed by atoms with E-state index in [0.717, 1.165) is 75.2 Å². The number of aryl methyl sites for hydroxylation is 2. The summed E-state index contributed by atoms with van der Waals surface area (Å²) in [5.41, 5.74) is 5.81. The number of nitrogens with one attached hydrogen (secondary N) is 1. The van der Waals surface area contributed by atoms with Crippen LogP contribution in [0.15, 0.2) is 88.3 Å². The van der Waals surface area contributed by atoms with Gasteiger partial charge in [-0.1, -0.05) is 60.2 Å². The molecule has 5 nitrogen and oxygen atoms in total. The highest BCUT2D eigenvalue weighted by molar-refractivity contribution is 7.16. The molecule has 1 N–H and O–H groups in total. The number of hydrogen-bond acceptors (Lipinski definition) is 5. The van der Waals surface area contributed by atoms with Gasteiger partial charge in [0.25, 0.3) is 5.91 Å². The van der Waals surface area contributed by atoms with Crippen LogP contribution in [-0.4, -0.2) is 12.5 Å². The Kier molecular flexibility index (Phi) is 7.51. The van der Waals surface area contributed by atoms with E-state index in [4.69, 9.17) is 14.1 Å².